The fraction of sp³-hybridized carbons (Fsp3) is 0.136. The molecule has 0 spiro atoms. The maximum absolute atomic E-state index is 5.44. The maximum atomic E-state index is 5.44. The Labute approximate surface area is 313 Å². The molecular weight excluding hydrogens is 677 g/mol. The van der Waals surface area contributed by atoms with Gasteiger partial charge in [0.15, 0.2) is 23.0 Å². The number of benzene rings is 4. The molecule has 0 bridgehead atoms. The molecule has 10 heteroatoms. The van der Waals surface area contributed by atoms with Crippen LogP contribution in [0.2, 0.25) is 0 Å². The molecular formula is C44H38N6O4. The summed E-state index contributed by atoms with van der Waals surface area (Å²) in [4.78, 5) is 26.4. The van der Waals surface area contributed by atoms with Gasteiger partial charge in [0.1, 0.15) is 12.7 Å². The van der Waals surface area contributed by atoms with E-state index in [1.54, 1.807) is 53.5 Å². The van der Waals surface area contributed by atoms with Crippen LogP contribution in [0, 0.1) is 0 Å². The third-order valence-electron chi connectivity index (χ3n) is 9.00. The van der Waals surface area contributed by atoms with Crippen LogP contribution in [0.3, 0.4) is 0 Å². The van der Waals surface area contributed by atoms with Crippen molar-refractivity contribution in [2.45, 2.75) is 12.8 Å². The molecule has 0 aliphatic rings. The molecule has 4 aromatic heterocycles. The van der Waals surface area contributed by atoms with Crippen molar-refractivity contribution in [2.24, 2.45) is 0 Å². The molecule has 0 saturated heterocycles. The molecule has 268 valence electrons. The first kappa shape index (κ1) is 35.5. The first-order valence-electron chi connectivity index (χ1n) is 17.3. The number of fused-ring (bicyclic) bond motifs is 2. The van der Waals surface area contributed by atoms with E-state index in [9.17, 15) is 0 Å². The fourth-order valence-electron chi connectivity index (χ4n) is 6.31. The van der Waals surface area contributed by atoms with Crippen LogP contribution in [0.5, 0.6) is 23.0 Å². The van der Waals surface area contributed by atoms with Gasteiger partial charge in [0, 0.05) is 59.9 Å². The van der Waals surface area contributed by atoms with E-state index in [1.807, 2.05) is 60.8 Å². The van der Waals surface area contributed by atoms with Crippen molar-refractivity contribution >= 4 is 21.8 Å². The van der Waals surface area contributed by atoms with Crippen LogP contribution >= 0.6 is 0 Å². The monoisotopic (exact) mass is 714 g/mol. The van der Waals surface area contributed by atoms with Crippen LogP contribution in [0.4, 0.5) is 0 Å². The van der Waals surface area contributed by atoms with Crippen LogP contribution in [0.25, 0.3) is 44.2 Å². The number of nitrogens with zero attached hydrogens (tertiary/aromatic N) is 6. The quantitative estimate of drug-likeness (QED) is 0.136. The van der Waals surface area contributed by atoms with E-state index in [2.05, 4.69) is 78.4 Å². The molecule has 8 aromatic rings. The van der Waals surface area contributed by atoms with Crippen molar-refractivity contribution < 1.29 is 18.9 Å². The zero-order valence-electron chi connectivity index (χ0n) is 30.4. The van der Waals surface area contributed by atoms with Gasteiger partial charge in [-0.05, 0) is 58.7 Å². The van der Waals surface area contributed by atoms with E-state index >= 15 is 0 Å². The lowest BCUT2D eigenvalue weighted by atomic mass is 10.0. The molecule has 0 saturated carbocycles. The normalized spacial score (nSPS) is 10.7. The number of methoxy groups -OCH3 is 4. The molecule has 0 amide bonds. The predicted octanol–water partition coefficient (Wildman–Crippen LogP) is 8.60. The Morgan fingerprint density at radius 2 is 0.981 bits per heavy atom. The van der Waals surface area contributed by atoms with Gasteiger partial charge in [0.2, 0.25) is 0 Å². The highest BCUT2D eigenvalue weighted by molar-refractivity contribution is 5.86. The van der Waals surface area contributed by atoms with Crippen molar-refractivity contribution in [3.05, 3.63) is 157 Å². The average molecular weight is 715 g/mol. The van der Waals surface area contributed by atoms with Crippen LogP contribution in [0.15, 0.2) is 134 Å². The Balaban J connectivity index is 0.000000167. The molecule has 4 aromatic carbocycles. The number of hydrogen-bond acceptors (Lipinski definition) is 10. The first-order chi connectivity index (χ1) is 26.6. The lowest BCUT2D eigenvalue weighted by Gasteiger charge is -2.11. The summed E-state index contributed by atoms with van der Waals surface area (Å²) in [5, 5.41) is 1.92. The summed E-state index contributed by atoms with van der Waals surface area (Å²) < 4.78 is 21.6. The molecule has 0 unspecified atom stereocenters. The fourth-order valence-corrected chi connectivity index (χ4v) is 6.31. The third-order valence-corrected chi connectivity index (χ3v) is 9.00. The van der Waals surface area contributed by atoms with E-state index in [4.69, 9.17) is 18.9 Å². The van der Waals surface area contributed by atoms with Crippen LogP contribution in [-0.4, -0.2) is 58.3 Å². The Morgan fingerprint density at radius 1 is 0.444 bits per heavy atom. The largest absolute Gasteiger partial charge is 0.493 e. The van der Waals surface area contributed by atoms with Gasteiger partial charge in [-0.2, -0.15) is 0 Å². The summed E-state index contributed by atoms with van der Waals surface area (Å²) in [7, 11) is 6.50. The van der Waals surface area contributed by atoms with E-state index < -0.39 is 0 Å². The van der Waals surface area contributed by atoms with Gasteiger partial charge in [0.25, 0.3) is 0 Å². The topological polar surface area (TPSA) is 114 Å². The molecule has 54 heavy (non-hydrogen) atoms. The zero-order chi connectivity index (χ0) is 37.3. The average Bonchev–Trinajstić information content (AvgIpc) is 3.24. The van der Waals surface area contributed by atoms with Gasteiger partial charge in [0.05, 0.1) is 56.6 Å². The zero-order valence-corrected chi connectivity index (χ0v) is 30.4. The molecule has 0 fully saturated rings. The van der Waals surface area contributed by atoms with E-state index in [-0.39, 0.29) is 0 Å². The number of pyridine rings is 2. The summed E-state index contributed by atoms with van der Waals surface area (Å²) in [6.07, 6.45) is 10.0. The second-order valence-electron chi connectivity index (χ2n) is 12.3. The van der Waals surface area contributed by atoms with Crippen LogP contribution in [0.1, 0.15) is 22.5 Å². The first-order valence-corrected chi connectivity index (χ1v) is 17.3. The lowest BCUT2D eigenvalue weighted by molar-refractivity contribution is 0.355. The van der Waals surface area contributed by atoms with Crippen LogP contribution in [-0.2, 0) is 12.8 Å². The Morgan fingerprint density at radius 3 is 1.50 bits per heavy atom. The summed E-state index contributed by atoms with van der Waals surface area (Å²) in [6.45, 7) is 0. The molecule has 0 aliphatic heterocycles. The lowest BCUT2D eigenvalue weighted by Crippen LogP contribution is -1.98. The van der Waals surface area contributed by atoms with E-state index in [1.165, 1.54) is 5.56 Å². The Kier molecular flexibility index (Phi) is 10.9. The predicted molar refractivity (Wildman–Crippen MR) is 210 cm³/mol. The molecule has 0 N–H and O–H groups in total. The minimum absolute atomic E-state index is 0.659. The minimum Gasteiger partial charge on any atom is -0.493 e. The van der Waals surface area contributed by atoms with Crippen molar-refractivity contribution in [2.75, 3.05) is 28.4 Å². The van der Waals surface area contributed by atoms with Gasteiger partial charge in [-0.3, -0.25) is 9.97 Å². The number of aromatic nitrogens is 6. The smallest absolute Gasteiger partial charge is 0.162 e. The van der Waals surface area contributed by atoms with Gasteiger partial charge < -0.3 is 18.9 Å². The van der Waals surface area contributed by atoms with Gasteiger partial charge >= 0.3 is 0 Å². The second kappa shape index (κ2) is 16.6. The molecule has 0 radical (unpaired) electrons. The van der Waals surface area contributed by atoms with E-state index in [0.717, 1.165) is 61.1 Å². The SMILES string of the molecule is COc1cc2ncnc(Cc3cccc(-c4ccccn4)c3)c2cc1OC.COc1cc2ncnc(Cc3cccc(-c4cccnc4)c3)c2cc1OC. The summed E-state index contributed by atoms with van der Waals surface area (Å²) in [6, 6.07) is 34.4. The molecule has 8 rings (SSSR count). The van der Waals surface area contributed by atoms with Crippen molar-refractivity contribution in [1.82, 2.24) is 29.9 Å². The molecule has 0 atom stereocenters. The second-order valence-corrected chi connectivity index (χ2v) is 12.3. The number of ether oxygens (including phenoxy) is 4. The number of rotatable bonds is 10. The summed E-state index contributed by atoms with van der Waals surface area (Å²) >= 11 is 0. The van der Waals surface area contributed by atoms with Gasteiger partial charge in [-0.25, -0.2) is 19.9 Å². The summed E-state index contributed by atoms with van der Waals surface area (Å²) in [5.74, 6) is 2.66. The van der Waals surface area contributed by atoms with Gasteiger partial charge in [-0.15, -0.1) is 0 Å². The standard InChI is InChI=1S/2C22H19N3O2/c1-26-21-11-18-19(24-14-25-20(18)12-22(21)27-2)10-15-5-3-6-16(9-15)17-7-4-8-23-13-17;1-26-21-12-17-19(24-14-25-20(17)13-22(21)27-2)11-15-6-5-7-16(10-15)18-8-3-4-9-23-18/h3-9,11-14H,10H2,1-2H3;3-10,12-14H,11H2,1-2H3. The Hall–Kier alpha value is -6.94. The number of hydrogen-bond donors (Lipinski definition) is 0. The maximum Gasteiger partial charge on any atom is 0.162 e. The molecule has 0 aliphatic carbocycles. The molecule has 10 nitrogen and oxygen atoms in total. The van der Waals surface area contributed by atoms with Crippen LogP contribution < -0.4 is 18.9 Å². The third kappa shape index (κ3) is 7.93. The Bertz CT molecular complexity index is 2340. The minimum atomic E-state index is 0.659. The summed E-state index contributed by atoms with van der Waals surface area (Å²) in [5.41, 5.74) is 10.2. The van der Waals surface area contributed by atoms with Crippen molar-refractivity contribution in [1.29, 1.82) is 0 Å². The highest BCUT2D eigenvalue weighted by atomic mass is 16.5. The highest BCUT2D eigenvalue weighted by Gasteiger charge is 2.13. The van der Waals surface area contributed by atoms with E-state index in [0.29, 0.717) is 35.8 Å². The highest BCUT2D eigenvalue weighted by Crippen LogP contribution is 2.34. The van der Waals surface area contributed by atoms with Crippen molar-refractivity contribution in [3.8, 4) is 45.4 Å². The van der Waals surface area contributed by atoms with Crippen molar-refractivity contribution in [3.63, 3.8) is 0 Å². The van der Waals surface area contributed by atoms with Gasteiger partial charge in [-0.1, -0.05) is 54.6 Å². The molecule has 4 heterocycles.